The predicted molar refractivity (Wildman–Crippen MR) is 113 cm³/mol. The van der Waals surface area contributed by atoms with Crippen LogP contribution in [-0.2, 0) is 9.84 Å². The van der Waals surface area contributed by atoms with E-state index in [2.05, 4.69) is 31.6 Å². The number of ether oxygens (including phenoxy) is 1. The number of hydrogen-bond donors (Lipinski definition) is 2. The van der Waals surface area contributed by atoms with Gasteiger partial charge in [-0.25, -0.2) is 8.42 Å². The molecule has 1 aromatic rings. The van der Waals surface area contributed by atoms with Crippen LogP contribution in [0.25, 0.3) is 0 Å². The van der Waals surface area contributed by atoms with Crippen molar-refractivity contribution in [2.24, 2.45) is 4.99 Å². The molecule has 0 radical (unpaired) electrons. The summed E-state index contributed by atoms with van der Waals surface area (Å²) >= 11 is 3.37. The molecule has 1 aromatic carbocycles. The molecule has 0 bridgehead atoms. The van der Waals surface area contributed by atoms with Gasteiger partial charge in [-0.05, 0) is 37.6 Å². The minimum atomic E-state index is -2.94. The summed E-state index contributed by atoms with van der Waals surface area (Å²) in [5, 5.41) is 6.29. The molecule has 0 aliphatic rings. The van der Waals surface area contributed by atoms with Gasteiger partial charge in [-0.1, -0.05) is 15.9 Å². The van der Waals surface area contributed by atoms with Crippen LogP contribution in [0.4, 0.5) is 0 Å². The van der Waals surface area contributed by atoms with Gasteiger partial charge in [-0.2, -0.15) is 0 Å². The molecule has 0 aliphatic carbocycles. The van der Waals surface area contributed by atoms with E-state index in [1.54, 1.807) is 7.05 Å². The molecule has 0 aromatic heterocycles. The van der Waals surface area contributed by atoms with Gasteiger partial charge in [-0.3, -0.25) is 4.99 Å². The van der Waals surface area contributed by atoms with Gasteiger partial charge >= 0.3 is 0 Å². The summed E-state index contributed by atoms with van der Waals surface area (Å²) in [7, 11) is -1.27. The molecule has 0 saturated heterocycles. The van der Waals surface area contributed by atoms with E-state index < -0.39 is 9.84 Å². The highest BCUT2D eigenvalue weighted by atomic mass is 127. The van der Waals surface area contributed by atoms with Gasteiger partial charge in [0.1, 0.15) is 22.2 Å². The summed E-state index contributed by atoms with van der Waals surface area (Å²) < 4.78 is 28.9. The largest absolute Gasteiger partial charge is 0.492 e. The number of hydrogen-bond acceptors (Lipinski definition) is 4. The lowest BCUT2D eigenvalue weighted by atomic mass is 10.3. The van der Waals surface area contributed by atoms with Crippen LogP contribution < -0.4 is 15.4 Å². The van der Waals surface area contributed by atoms with Crippen molar-refractivity contribution >= 4 is 55.7 Å². The third-order valence-corrected chi connectivity index (χ3v) is 4.51. The summed E-state index contributed by atoms with van der Waals surface area (Å²) in [6.07, 6.45) is 1.78. The summed E-state index contributed by atoms with van der Waals surface area (Å²) in [5.41, 5.74) is 0. The molecule has 24 heavy (non-hydrogen) atoms. The van der Waals surface area contributed by atoms with Gasteiger partial charge < -0.3 is 15.4 Å². The van der Waals surface area contributed by atoms with Crippen LogP contribution in [0.2, 0.25) is 0 Å². The molecule has 138 valence electrons. The fraction of sp³-hybridized carbons (Fsp3) is 0.533. The summed E-state index contributed by atoms with van der Waals surface area (Å²) in [5.74, 6) is 1.59. The van der Waals surface area contributed by atoms with Gasteiger partial charge in [0.05, 0.1) is 12.3 Å². The monoisotopic (exact) mass is 533 g/mol. The fourth-order valence-electron chi connectivity index (χ4n) is 1.76. The van der Waals surface area contributed by atoms with Gasteiger partial charge in [-0.15, -0.1) is 24.0 Å². The lowest BCUT2D eigenvalue weighted by Crippen LogP contribution is -2.44. The smallest absolute Gasteiger partial charge is 0.191 e. The Morgan fingerprint density at radius 1 is 1.33 bits per heavy atom. The molecular formula is C15H25BrIN3O3S. The Hall–Kier alpha value is -0.550. The molecule has 0 fully saturated rings. The van der Waals surface area contributed by atoms with E-state index in [4.69, 9.17) is 4.74 Å². The number of sulfone groups is 1. The molecule has 0 amide bonds. The minimum absolute atomic E-state index is 0. The maximum atomic E-state index is 11.2. The van der Waals surface area contributed by atoms with Gasteiger partial charge in [0.15, 0.2) is 5.96 Å². The van der Waals surface area contributed by atoms with Gasteiger partial charge in [0.2, 0.25) is 0 Å². The van der Waals surface area contributed by atoms with Gasteiger partial charge in [0.25, 0.3) is 0 Å². The third-order valence-electron chi connectivity index (χ3n) is 3.01. The van der Waals surface area contributed by atoms with Crippen molar-refractivity contribution in [1.82, 2.24) is 10.6 Å². The highest BCUT2D eigenvalue weighted by molar-refractivity contribution is 14.0. The van der Waals surface area contributed by atoms with Gasteiger partial charge in [0, 0.05) is 23.8 Å². The molecule has 1 rings (SSSR count). The number of rotatable bonds is 8. The molecule has 0 heterocycles. The first-order chi connectivity index (χ1) is 10.8. The van der Waals surface area contributed by atoms with Crippen molar-refractivity contribution in [2.75, 3.05) is 32.2 Å². The first-order valence-corrected chi connectivity index (χ1v) is 10.2. The van der Waals surface area contributed by atoms with Crippen LogP contribution in [0, 0.1) is 0 Å². The first-order valence-electron chi connectivity index (χ1n) is 7.33. The summed E-state index contributed by atoms with van der Waals surface area (Å²) in [6.45, 7) is 3.02. The van der Waals surface area contributed by atoms with Crippen molar-refractivity contribution in [2.45, 2.75) is 19.4 Å². The Balaban J connectivity index is 0.00000529. The Kier molecular flexibility index (Phi) is 11.6. The minimum Gasteiger partial charge on any atom is -0.492 e. The van der Waals surface area contributed by atoms with Crippen molar-refractivity contribution in [1.29, 1.82) is 0 Å². The molecule has 0 aliphatic heterocycles. The van der Waals surface area contributed by atoms with Crippen LogP contribution in [0.3, 0.4) is 0 Å². The van der Waals surface area contributed by atoms with Crippen LogP contribution in [-0.4, -0.2) is 52.6 Å². The standard InChI is InChI=1S/C15H24BrN3O3S.HI/c1-12(8-11-23(3,20)21)19-15(17-2)18-9-10-22-14-6-4-13(16)5-7-14;/h4-7,12H,8-11H2,1-3H3,(H2,17,18,19);1H. The molecule has 0 saturated carbocycles. The van der Waals surface area contributed by atoms with Crippen molar-refractivity contribution < 1.29 is 13.2 Å². The van der Waals surface area contributed by atoms with E-state index in [1.807, 2.05) is 31.2 Å². The van der Waals surface area contributed by atoms with Crippen molar-refractivity contribution in [3.05, 3.63) is 28.7 Å². The summed E-state index contributed by atoms with van der Waals surface area (Å²) in [4.78, 5) is 4.11. The summed E-state index contributed by atoms with van der Waals surface area (Å²) in [6, 6.07) is 7.65. The molecule has 0 spiro atoms. The van der Waals surface area contributed by atoms with Crippen LogP contribution >= 0.6 is 39.9 Å². The number of nitrogens with one attached hydrogen (secondary N) is 2. The van der Waals surface area contributed by atoms with Crippen molar-refractivity contribution in [3.8, 4) is 5.75 Å². The van der Waals surface area contributed by atoms with Crippen LogP contribution in [0.15, 0.2) is 33.7 Å². The van der Waals surface area contributed by atoms with E-state index in [-0.39, 0.29) is 35.8 Å². The lowest BCUT2D eigenvalue weighted by Gasteiger charge is -2.17. The number of aliphatic imine (C=N–C) groups is 1. The normalized spacial score (nSPS) is 12.9. The number of benzene rings is 1. The fourth-order valence-corrected chi connectivity index (χ4v) is 2.81. The zero-order chi connectivity index (χ0) is 17.3. The van der Waals surface area contributed by atoms with E-state index in [0.29, 0.717) is 25.5 Å². The van der Waals surface area contributed by atoms with Crippen molar-refractivity contribution in [3.63, 3.8) is 0 Å². The number of nitrogens with zero attached hydrogens (tertiary/aromatic N) is 1. The zero-order valence-corrected chi connectivity index (χ0v) is 18.8. The Morgan fingerprint density at radius 2 is 1.96 bits per heavy atom. The maximum absolute atomic E-state index is 11.2. The zero-order valence-electron chi connectivity index (χ0n) is 14.1. The second-order valence-electron chi connectivity index (χ2n) is 5.27. The van der Waals surface area contributed by atoms with E-state index in [9.17, 15) is 8.42 Å². The SMILES string of the molecule is CN=C(NCCOc1ccc(Br)cc1)NC(C)CCS(C)(=O)=O.I. The molecule has 1 unspecified atom stereocenters. The molecular weight excluding hydrogens is 509 g/mol. The average molecular weight is 534 g/mol. The molecule has 9 heteroatoms. The first kappa shape index (κ1) is 23.4. The second kappa shape index (κ2) is 11.9. The van der Waals surface area contributed by atoms with E-state index in [0.717, 1.165) is 10.2 Å². The second-order valence-corrected chi connectivity index (χ2v) is 8.44. The molecule has 6 nitrogen and oxygen atoms in total. The Bertz CT molecular complexity index is 609. The highest BCUT2D eigenvalue weighted by Gasteiger charge is 2.09. The van der Waals surface area contributed by atoms with Crippen LogP contribution in [0.1, 0.15) is 13.3 Å². The Labute approximate surface area is 169 Å². The topological polar surface area (TPSA) is 79.8 Å². The van der Waals surface area contributed by atoms with E-state index in [1.165, 1.54) is 6.26 Å². The Morgan fingerprint density at radius 3 is 2.50 bits per heavy atom. The van der Waals surface area contributed by atoms with Crippen LogP contribution in [0.5, 0.6) is 5.75 Å². The number of halogens is 2. The van der Waals surface area contributed by atoms with E-state index >= 15 is 0 Å². The molecule has 2 N–H and O–H groups in total. The lowest BCUT2D eigenvalue weighted by molar-refractivity contribution is 0.321. The third kappa shape index (κ3) is 11.1. The quantitative estimate of drug-likeness (QED) is 0.232. The average Bonchev–Trinajstić information content (AvgIpc) is 2.49. The highest BCUT2D eigenvalue weighted by Crippen LogP contribution is 2.15. The maximum Gasteiger partial charge on any atom is 0.191 e. The number of guanidine groups is 1. The predicted octanol–water partition coefficient (Wildman–Crippen LogP) is 2.43. The molecule has 1 atom stereocenters.